The standard InChI is InChI=1S/C53H78O16/c1-14-34-24-30(7)25-39(55)40(34)50(61)66-45-33(10)64-52(46(62-13)43(45)58)63-27-36-19-17-18-20-38(54)31(8)26-35(15-2)44(32(9)23-29(6)21-22-37(16-3)65-49(36)60)67-51-42(57)41(56)47(53(11,12)69-51)68-48(59)28(4)5/h17-19,21,23-26,28,33,35,37-38,41-47,51-52,54-58H,14-16,20,22,27H2,1-13H3/b18-17+,29-21+,31-26+,32-23+,36-19+. The molecule has 0 saturated carbocycles. The lowest BCUT2D eigenvalue weighted by molar-refractivity contribution is -0.333. The first-order valence-electron chi connectivity index (χ1n) is 24.2. The van der Waals surface area contributed by atoms with Gasteiger partial charge in [0, 0.05) is 19.4 Å². The van der Waals surface area contributed by atoms with Crippen LogP contribution < -0.4 is 0 Å². The number of methoxy groups -OCH3 is 1. The molecule has 16 heteroatoms. The Hall–Kier alpha value is -4.23. The number of cyclic esters (lactones) is 1. The fourth-order valence-corrected chi connectivity index (χ4v) is 8.67. The molecule has 2 saturated heterocycles. The minimum Gasteiger partial charge on any atom is -0.507 e. The first-order valence-corrected chi connectivity index (χ1v) is 24.2. The Balaban J connectivity index is 1.57. The Labute approximate surface area is 407 Å². The molecule has 0 aliphatic carbocycles. The maximum absolute atomic E-state index is 13.9. The first-order chi connectivity index (χ1) is 32.5. The summed E-state index contributed by atoms with van der Waals surface area (Å²) >= 11 is 0. The Morgan fingerprint density at radius 3 is 2.22 bits per heavy atom. The number of aliphatic hydroxyl groups is 4. The Bertz CT molecular complexity index is 2070. The summed E-state index contributed by atoms with van der Waals surface area (Å²) in [6, 6.07) is 3.26. The highest BCUT2D eigenvalue weighted by atomic mass is 16.7. The topological polar surface area (TPSA) is 226 Å². The Morgan fingerprint density at radius 2 is 1.59 bits per heavy atom. The molecule has 0 amide bonds. The fraction of sp³-hybridized carbons (Fsp3) is 0.642. The number of benzene rings is 1. The van der Waals surface area contributed by atoms with Crippen LogP contribution in [-0.4, -0.2) is 136 Å². The zero-order valence-electron chi connectivity index (χ0n) is 42.7. The van der Waals surface area contributed by atoms with Gasteiger partial charge < -0.3 is 63.4 Å². The monoisotopic (exact) mass is 971 g/mol. The van der Waals surface area contributed by atoms with Crippen LogP contribution in [-0.2, 0) is 53.9 Å². The van der Waals surface area contributed by atoms with Gasteiger partial charge in [-0.1, -0.05) is 76.6 Å². The van der Waals surface area contributed by atoms with E-state index in [0.717, 1.165) is 16.7 Å². The summed E-state index contributed by atoms with van der Waals surface area (Å²) in [5, 5.41) is 56.1. The van der Waals surface area contributed by atoms with Crippen LogP contribution in [0.4, 0.5) is 0 Å². The van der Waals surface area contributed by atoms with Gasteiger partial charge in [-0.15, -0.1) is 0 Å². The van der Waals surface area contributed by atoms with E-state index >= 15 is 0 Å². The lowest BCUT2D eigenvalue weighted by Crippen LogP contribution is -2.64. The largest absolute Gasteiger partial charge is 0.507 e. The van der Waals surface area contributed by atoms with Crippen molar-refractivity contribution in [2.45, 2.75) is 194 Å². The summed E-state index contributed by atoms with van der Waals surface area (Å²) in [5.74, 6) is -3.04. The number of carbonyl (C=O) groups excluding carboxylic acids is 3. The van der Waals surface area contributed by atoms with Crippen LogP contribution in [0.25, 0.3) is 0 Å². The molecular formula is C53H78O16. The van der Waals surface area contributed by atoms with Crippen molar-refractivity contribution in [1.82, 2.24) is 0 Å². The highest BCUT2D eigenvalue weighted by Crippen LogP contribution is 2.36. The third-order valence-electron chi connectivity index (χ3n) is 12.9. The van der Waals surface area contributed by atoms with Crippen LogP contribution in [0.2, 0.25) is 0 Å². The second kappa shape index (κ2) is 25.8. The first kappa shape index (κ1) is 57.3. The number of phenolic OH excluding ortho intramolecular Hbond substituents is 1. The maximum Gasteiger partial charge on any atom is 0.342 e. The molecule has 1 aromatic carbocycles. The van der Waals surface area contributed by atoms with Gasteiger partial charge in [-0.3, -0.25) is 4.79 Å². The van der Waals surface area contributed by atoms with Crippen molar-refractivity contribution in [3.05, 3.63) is 87.6 Å². The zero-order chi connectivity index (χ0) is 51.5. The second-order valence-corrected chi connectivity index (χ2v) is 19.3. The number of allylic oxidation sites excluding steroid dienone is 4. The molecule has 0 aromatic heterocycles. The van der Waals surface area contributed by atoms with Gasteiger partial charge >= 0.3 is 17.9 Å². The number of aliphatic hydroxyl groups excluding tert-OH is 4. The lowest BCUT2D eigenvalue weighted by atomic mass is 9.88. The minimum absolute atomic E-state index is 0.00586. The number of aryl methyl sites for hydroxylation is 2. The smallest absolute Gasteiger partial charge is 0.342 e. The molecule has 3 aliphatic heterocycles. The number of hydrogen-bond acceptors (Lipinski definition) is 16. The molecule has 1 aromatic rings. The number of rotatable bonds is 13. The summed E-state index contributed by atoms with van der Waals surface area (Å²) in [7, 11) is 1.34. The summed E-state index contributed by atoms with van der Waals surface area (Å²) in [4.78, 5) is 39.8. The quantitative estimate of drug-likeness (QED) is 0.0802. The van der Waals surface area contributed by atoms with Gasteiger partial charge in [0.1, 0.15) is 47.4 Å². The number of phenols is 1. The molecule has 0 bridgehead atoms. The van der Waals surface area contributed by atoms with Crippen molar-refractivity contribution >= 4 is 17.9 Å². The van der Waals surface area contributed by atoms with E-state index < -0.39 is 103 Å². The van der Waals surface area contributed by atoms with E-state index in [1.165, 1.54) is 19.3 Å². The average Bonchev–Trinajstić information content (AvgIpc) is 3.28. The van der Waals surface area contributed by atoms with Gasteiger partial charge in [0.2, 0.25) is 0 Å². The highest BCUT2D eigenvalue weighted by molar-refractivity contribution is 5.94. The number of hydrogen-bond donors (Lipinski definition) is 5. The Morgan fingerprint density at radius 1 is 0.899 bits per heavy atom. The van der Waals surface area contributed by atoms with Gasteiger partial charge in [0.05, 0.1) is 36.4 Å². The Kier molecular flexibility index (Phi) is 21.4. The summed E-state index contributed by atoms with van der Waals surface area (Å²) in [6.07, 6.45) is -0.865. The molecule has 16 nitrogen and oxygen atoms in total. The van der Waals surface area contributed by atoms with Crippen molar-refractivity contribution in [3.8, 4) is 5.75 Å². The lowest BCUT2D eigenvalue weighted by Gasteiger charge is -2.47. The van der Waals surface area contributed by atoms with E-state index in [2.05, 4.69) is 0 Å². The second-order valence-electron chi connectivity index (χ2n) is 19.3. The molecule has 3 aliphatic rings. The molecule has 13 atom stereocenters. The van der Waals surface area contributed by atoms with Crippen molar-refractivity contribution < 1.29 is 77.8 Å². The molecule has 13 unspecified atom stereocenters. The van der Waals surface area contributed by atoms with E-state index in [1.54, 1.807) is 66.7 Å². The summed E-state index contributed by atoms with van der Waals surface area (Å²) in [5.41, 5.74) is 2.50. The van der Waals surface area contributed by atoms with Crippen molar-refractivity contribution in [3.63, 3.8) is 0 Å². The van der Waals surface area contributed by atoms with Crippen molar-refractivity contribution in [2.75, 3.05) is 13.7 Å². The number of esters is 3. The van der Waals surface area contributed by atoms with Crippen molar-refractivity contribution in [1.29, 1.82) is 0 Å². The number of ether oxygens (including phenoxy) is 8. The molecule has 2 fully saturated rings. The normalized spacial score (nSPS) is 35.3. The molecular weight excluding hydrogens is 893 g/mol. The van der Waals surface area contributed by atoms with Gasteiger partial charge in [-0.2, -0.15) is 0 Å². The van der Waals surface area contributed by atoms with Gasteiger partial charge in [-0.05, 0) is 109 Å². The van der Waals surface area contributed by atoms with Crippen molar-refractivity contribution in [2.24, 2.45) is 11.8 Å². The SMILES string of the molecule is CCc1cc(C)cc(O)c1C(=O)OC1C(C)OC(OC/C2=C\C=C\CC(O)/C(C)=C/C(CC)C(OC3OC(C)(C)C(OC(=O)C(C)C)C(O)C3O)/C(C)=C/C(C)=C/CC(CC)OC2=O)C(OC)C1O. The van der Waals surface area contributed by atoms with E-state index in [-0.39, 0.29) is 35.8 Å². The van der Waals surface area contributed by atoms with E-state index in [1.807, 2.05) is 52.8 Å². The molecule has 69 heavy (non-hydrogen) atoms. The average molecular weight is 971 g/mol. The predicted molar refractivity (Wildman–Crippen MR) is 257 cm³/mol. The molecule has 0 spiro atoms. The summed E-state index contributed by atoms with van der Waals surface area (Å²) < 4.78 is 48.0. The number of aromatic hydroxyl groups is 1. The maximum atomic E-state index is 13.9. The van der Waals surface area contributed by atoms with E-state index in [4.69, 9.17) is 37.9 Å². The molecule has 4 rings (SSSR count). The van der Waals surface area contributed by atoms with Crippen LogP contribution >= 0.6 is 0 Å². The third kappa shape index (κ3) is 14.9. The molecule has 386 valence electrons. The van der Waals surface area contributed by atoms with E-state index in [9.17, 15) is 39.9 Å². The van der Waals surface area contributed by atoms with Gasteiger partial charge in [0.15, 0.2) is 24.8 Å². The van der Waals surface area contributed by atoms with Crippen LogP contribution in [0.1, 0.15) is 123 Å². The van der Waals surface area contributed by atoms with Gasteiger partial charge in [-0.25, -0.2) is 9.59 Å². The van der Waals surface area contributed by atoms with Gasteiger partial charge in [0.25, 0.3) is 0 Å². The number of carbonyl (C=O) groups is 3. The van der Waals surface area contributed by atoms with Crippen LogP contribution in [0.5, 0.6) is 5.75 Å². The molecule has 0 radical (unpaired) electrons. The highest BCUT2D eigenvalue weighted by Gasteiger charge is 2.53. The van der Waals surface area contributed by atoms with E-state index in [0.29, 0.717) is 36.8 Å². The molecule has 3 heterocycles. The summed E-state index contributed by atoms with van der Waals surface area (Å²) in [6.45, 7) is 21.1. The minimum atomic E-state index is -1.56. The predicted octanol–water partition coefficient (Wildman–Crippen LogP) is 6.56. The zero-order valence-corrected chi connectivity index (χ0v) is 42.7. The van der Waals surface area contributed by atoms with Crippen LogP contribution in [0.3, 0.4) is 0 Å². The molecule has 5 N–H and O–H groups in total. The van der Waals surface area contributed by atoms with Crippen LogP contribution in [0.15, 0.2) is 70.9 Å². The third-order valence-corrected chi connectivity index (χ3v) is 12.9. The fourth-order valence-electron chi connectivity index (χ4n) is 8.67. The van der Waals surface area contributed by atoms with Crippen LogP contribution in [0, 0.1) is 18.8 Å².